The Bertz CT molecular complexity index is 408. The van der Waals surface area contributed by atoms with Crippen molar-refractivity contribution >= 4 is 17.5 Å². The summed E-state index contributed by atoms with van der Waals surface area (Å²) >= 11 is 6.15. The van der Waals surface area contributed by atoms with E-state index < -0.39 is 5.38 Å². The van der Waals surface area contributed by atoms with Gasteiger partial charge in [0.2, 0.25) is 5.91 Å². The van der Waals surface area contributed by atoms with Crippen LogP contribution in [0.2, 0.25) is 0 Å². The Morgan fingerprint density at radius 2 is 1.90 bits per heavy atom. The minimum atomic E-state index is -0.683. The normalized spacial score (nSPS) is 12.0. The van der Waals surface area contributed by atoms with E-state index in [0.29, 0.717) is 13.2 Å². The molecule has 0 heterocycles. The van der Waals surface area contributed by atoms with Crippen molar-refractivity contribution < 1.29 is 14.3 Å². The van der Waals surface area contributed by atoms with Crippen LogP contribution in [0, 0.1) is 0 Å². The van der Waals surface area contributed by atoms with E-state index in [1.54, 1.807) is 31.4 Å². The highest BCUT2D eigenvalue weighted by atomic mass is 35.5. The summed E-state index contributed by atoms with van der Waals surface area (Å²) in [5, 5.41) is 2.13. The van der Waals surface area contributed by atoms with Crippen molar-refractivity contribution in [2.45, 2.75) is 31.6 Å². The van der Waals surface area contributed by atoms with Crippen LogP contribution in [-0.2, 0) is 9.53 Å². The summed E-state index contributed by atoms with van der Waals surface area (Å²) < 4.78 is 10.5. The van der Waals surface area contributed by atoms with Crippen molar-refractivity contribution in [3.05, 3.63) is 29.8 Å². The highest BCUT2D eigenvalue weighted by Crippen LogP contribution is 2.22. The van der Waals surface area contributed by atoms with Crippen LogP contribution < -0.4 is 10.1 Å². The van der Waals surface area contributed by atoms with Crippen molar-refractivity contribution in [1.29, 1.82) is 0 Å². The number of nitrogens with one attached hydrogen (secondary N) is 1. The standard InChI is InChI=1S/C16H24ClNO3/c1-3-4-11-21-12-5-10-18-16(19)15(17)13-6-8-14(20-2)9-7-13/h6-9,15H,3-5,10-12H2,1-2H3,(H,18,19). The zero-order valence-electron chi connectivity index (χ0n) is 12.7. The first-order chi connectivity index (χ1) is 10.2. The van der Waals surface area contributed by atoms with Crippen LogP contribution in [0.4, 0.5) is 0 Å². The summed E-state index contributed by atoms with van der Waals surface area (Å²) in [7, 11) is 1.60. The van der Waals surface area contributed by atoms with Gasteiger partial charge in [-0.05, 0) is 30.5 Å². The number of carbonyl (C=O) groups is 1. The number of hydrogen-bond donors (Lipinski definition) is 1. The molecule has 1 rings (SSSR count). The summed E-state index contributed by atoms with van der Waals surface area (Å²) in [6.45, 7) is 4.15. The number of hydrogen-bond acceptors (Lipinski definition) is 3. The molecule has 118 valence electrons. The molecule has 0 spiro atoms. The highest BCUT2D eigenvalue weighted by Gasteiger charge is 2.16. The lowest BCUT2D eigenvalue weighted by atomic mass is 10.1. The van der Waals surface area contributed by atoms with Crippen molar-refractivity contribution in [3.63, 3.8) is 0 Å². The number of halogens is 1. The zero-order valence-corrected chi connectivity index (χ0v) is 13.5. The molecule has 1 unspecified atom stereocenters. The lowest BCUT2D eigenvalue weighted by Gasteiger charge is -2.11. The molecule has 0 fully saturated rings. The summed E-state index contributed by atoms with van der Waals surface area (Å²) in [5.41, 5.74) is 0.758. The van der Waals surface area contributed by atoms with Crippen LogP contribution in [0.5, 0.6) is 5.75 Å². The van der Waals surface area contributed by atoms with Gasteiger partial charge in [0, 0.05) is 19.8 Å². The molecule has 0 bridgehead atoms. The van der Waals surface area contributed by atoms with E-state index in [4.69, 9.17) is 21.1 Å². The maximum atomic E-state index is 11.9. The van der Waals surface area contributed by atoms with Crippen LogP contribution in [0.1, 0.15) is 37.1 Å². The number of unbranched alkanes of at least 4 members (excludes halogenated alkanes) is 1. The largest absolute Gasteiger partial charge is 0.497 e. The average molecular weight is 314 g/mol. The molecule has 4 nitrogen and oxygen atoms in total. The van der Waals surface area contributed by atoms with Gasteiger partial charge in [-0.3, -0.25) is 4.79 Å². The zero-order chi connectivity index (χ0) is 15.5. The third-order valence-electron chi connectivity index (χ3n) is 3.05. The molecule has 0 aromatic heterocycles. The van der Waals surface area contributed by atoms with Gasteiger partial charge in [-0.25, -0.2) is 0 Å². The maximum absolute atomic E-state index is 11.9. The molecule has 0 aliphatic heterocycles. The molecule has 1 aromatic rings. The summed E-state index contributed by atoms with van der Waals surface area (Å²) in [6.07, 6.45) is 3.00. The van der Waals surface area contributed by atoms with Gasteiger partial charge < -0.3 is 14.8 Å². The van der Waals surface area contributed by atoms with Crippen molar-refractivity contribution in [1.82, 2.24) is 5.32 Å². The number of methoxy groups -OCH3 is 1. The minimum Gasteiger partial charge on any atom is -0.497 e. The minimum absolute atomic E-state index is 0.185. The molecular formula is C16H24ClNO3. The Kier molecular flexibility index (Phi) is 8.87. The van der Waals surface area contributed by atoms with Gasteiger partial charge in [0.1, 0.15) is 11.1 Å². The number of amides is 1. The molecule has 1 aromatic carbocycles. The van der Waals surface area contributed by atoms with E-state index in [2.05, 4.69) is 12.2 Å². The molecule has 0 aliphatic carbocycles. The predicted molar refractivity (Wildman–Crippen MR) is 84.9 cm³/mol. The molecule has 5 heteroatoms. The topological polar surface area (TPSA) is 47.6 Å². The Labute approximate surface area is 131 Å². The lowest BCUT2D eigenvalue weighted by molar-refractivity contribution is -0.120. The van der Waals surface area contributed by atoms with Gasteiger partial charge in [0.25, 0.3) is 0 Å². The number of carbonyl (C=O) groups excluding carboxylic acids is 1. The van der Waals surface area contributed by atoms with Gasteiger partial charge in [0.05, 0.1) is 7.11 Å². The fourth-order valence-electron chi connectivity index (χ4n) is 1.75. The Morgan fingerprint density at radius 3 is 2.52 bits per heavy atom. The first-order valence-corrected chi connectivity index (χ1v) is 7.76. The molecule has 0 aliphatic rings. The van der Waals surface area contributed by atoms with Crippen LogP contribution in [-0.4, -0.2) is 32.8 Å². The smallest absolute Gasteiger partial charge is 0.242 e. The molecular weight excluding hydrogens is 290 g/mol. The van der Waals surface area contributed by atoms with Gasteiger partial charge in [-0.15, -0.1) is 11.6 Å². The third kappa shape index (κ3) is 6.82. The lowest BCUT2D eigenvalue weighted by Crippen LogP contribution is -2.28. The first kappa shape index (κ1) is 17.8. The molecule has 1 N–H and O–H groups in total. The SMILES string of the molecule is CCCCOCCCNC(=O)C(Cl)c1ccc(OC)cc1. The fraction of sp³-hybridized carbons (Fsp3) is 0.562. The van der Waals surface area contributed by atoms with Crippen LogP contribution in [0.3, 0.4) is 0 Å². The van der Waals surface area contributed by atoms with Gasteiger partial charge in [-0.2, -0.15) is 0 Å². The molecule has 21 heavy (non-hydrogen) atoms. The van der Waals surface area contributed by atoms with E-state index in [0.717, 1.165) is 37.2 Å². The molecule has 0 saturated carbocycles. The Morgan fingerprint density at radius 1 is 1.24 bits per heavy atom. The second-order valence-electron chi connectivity index (χ2n) is 4.75. The maximum Gasteiger partial charge on any atom is 0.242 e. The Hall–Kier alpha value is -1.26. The number of alkyl halides is 1. The Balaban J connectivity index is 2.24. The first-order valence-electron chi connectivity index (χ1n) is 7.32. The number of benzene rings is 1. The summed E-state index contributed by atoms with van der Waals surface area (Å²) in [4.78, 5) is 11.9. The van der Waals surface area contributed by atoms with E-state index >= 15 is 0 Å². The second-order valence-corrected chi connectivity index (χ2v) is 5.18. The molecule has 1 amide bonds. The van der Waals surface area contributed by atoms with E-state index in [9.17, 15) is 4.79 Å². The number of ether oxygens (including phenoxy) is 2. The van der Waals surface area contributed by atoms with Crippen molar-refractivity contribution in [3.8, 4) is 5.75 Å². The molecule has 0 saturated heterocycles. The summed E-state index contributed by atoms with van der Waals surface area (Å²) in [6, 6.07) is 7.17. The molecule has 1 atom stereocenters. The van der Waals surface area contributed by atoms with E-state index in [1.807, 2.05) is 0 Å². The van der Waals surface area contributed by atoms with Crippen LogP contribution in [0.25, 0.3) is 0 Å². The van der Waals surface area contributed by atoms with Gasteiger partial charge in [0.15, 0.2) is 0 Å². The summed E-state index contributed by atoms with van der Waals surface area (Å²) in [5.74, 6) is 0.558. The van der Waals surface area contributed by atoms with Gasteiger partial charge >= 0.3 is 0 Å². The van der Waals surface area contributed by atoms with E-state index in [1.165, 1.54) is 0 Å². The van der Waals surface area contributed by atoms with Crippen LogP contribution in [0.15, 0.2) is 24.3 Å². The van der Waals surface area contributed by atoms with Crippen LogP contribution >= 0.6 is 11.6 Å². The predicted octanol–water partition coefficient (Wildman–Crippen LogP) is 3.30. The average Bonchev–Trinajstić information content (AvgIpc) is 2.53. The van der Waals surface area contributed by atoms with Crippen molar-refractivity contribution in [2.75, 3.05) is 26.9 Å². The second kappa shape index (κ2) is 10.5. The quantitative estimate of drug-likeness (QED) is 0.532. The highest BCUT2D eigenvalue weighted by molar-refractivity contribution is 6.30. The van der Waals surface area contributed by atoms with Gasteiger partial charge in [-0.1, -0.05) is 25.5 Å². The molecule has 0 radical (unpaired) electrons. The fourth-order valence-corrected chi connectivity index (χ4v) is 1.97. The monoisotopic (exact) mass is 313 g/mol. The van der Waals surface area contributed by atoms with Crippen molar-refractivity contribution in [2.24, 2.45) is 0 Å². The van der Waals surface area contributed by atoms with E-state index in [-0.39, 0.29) is 5.91 Å². The number of rotatable bonds is 10. The third-order valence-corrected chi connectivity index (χ3v) is 3.50.